The molecule has 0 radical (unpaired) electrons. The summed E-state index contributed by atoms with van der Waals surface area (Å²) in [7, 11) is 0. The number of aryl methyl sites for hydroxylation is 2. The molecular weight excluding hydrogens is 472 g/mol. The van der Waals surface area contributed by atoms with Crippen molar-refractivity contribution in [2.75, 3.05) is 31.2 Å². The molecule has 1 unspecified atom stereocenters. The summed E-state index contributed by atoms with van der Waals surface area (Å²) >= 11 is 0. The van der Waals surface area contributed by atoms with Crippen LogP contribution >= 0.6 is 0 Å². The Morgan fingerprint density at radius 3 is 2.65 bits per heavy atom. The number of amides is 2. The molecule has 0 bridgehead atoms. The number of hydrogen-bond acceptors (Lipinski definition) is 6. The van der Waals surface area contributed by atoms with Gasteiger partial charge in [-0.05, 0) is 56.7 Å². The molecule has 1 aromatic carbocycles. The van der Waals surface area contributed by atoms with E-state index in [9.17, 15) is 19.5 Å². The van der Waals surface area contributed by atoms with E-state index in [1.165, 1.54) is 4.90 Å². The van der Waals surface area contributed by atoms with Gasteiger partial charge in [-0.2, -0.15) is 0 Å². The predicted molar refractivity (Wildman–Crippen MR) is 138 cm³/mol. The van der Waals surface area contributed by atoms with Crippen LogP contribution in [0.5, 0.6) is 0 Å². The Morgan fingerprint density at radius 2 is 1.89 bits per heavy atom. The quantitative estimate of drug-likeness (QED) is 0.485. The highest BCUT2D eigenvalue weighted by molar-refractivity contribution is 6.06. The van der Waals surface area contributed by atoms with Crippen LogP contribution < -0.4 is 4.90 Å². The Bertz CT molecular complexity index is 1160. The van der Waals surface area contributed by atoms with Gasteiger partial charge in [-0.1, -0.05) is 43.4 Å². The van der Waals surface area contributed by atoms with E-state index in [0.717, 1.165) is 23.2 Å². The lowest BCUT2D eigenvalue weighted by Crippen LogP contribution is -2.56. The van der Waals surface area contributed by atoms with E-state index in [4.69, 9.17) is 9.47 Å². The van der Waals surface area contributed by atoms with Gasteiger partial charge in [-0.15, -0.1) is 0 Å². The number of allylic oxidation sites excluding steroid dienone is 1. The normalized spacial score (nSPS) is 34.2. The van der Waals surface area contributed by atoms with Crippen molar-refractivity contribution in [3.8, 4) is 0 Å². The number of anilines is 1. The van der Waals surface area contributed by atoms with Crippen LogP contribution in [0.4, 0.5) is 5.69 Å². The molecule has 198 valence electrons. The zero-order chi connectivity index (χ0) is 26.4. The average Bonchev–Trinajstić information content (AvgIpc) is 3.25. The van der Waals surface area contributed by atoms with Crippen molar-refractivity contribution < 1.29 is 29.0 Å². The van der Waals surface area contributed by atoms with E-state index in [-0.39, 0.29) is 31.6 Å². The molecule has 4 heterocycles. The molecule has 4 aliphatic rings. The summed E-state index contributed by atoms with van der Waals surface area (Å²) in [6.07, 6.45) is 9.87. The highest BCUT2D eigenvalue weighted by atomic mass is 16.6. The van der Waals surface area contributed by atoms with Gasteiger partial charge in [0.15, 0.2) is 0 Å². The fourth-order valence-electron chi connectivity index (χ4n) is 6.58. The SMILES string of the molecule is CC[C@]12/C=C\CCCOC(=O)[C@H]1[C@H]1C(=O)N(CCCO)C3C(=O)N(c4cc(C)ccc4C)CC=C[C@@]31O2. The zero-order valence-corrected chi connectivity index (χ0v) is 21.8. The number of rotatable bonds is 5. The number of hydrogen-bond donors (Lipinski definition) is 1. The number of esters is 1. The molecule has 8 nitrogen and oxygen atoms in total. The smallest absolute Gasteiger partial charge is 0.313 e. The molecule has 2 amide bonds. The van der Waals surface area contributed by atoms with Crippen LogP contribution in [-0.2, 0) is 23.9 Å². The number of fused-ring (bicyclic) bond motifs is 2. The third kappa shape index (κ3) is 3.92. The molecule has 1 aromatic rings. The molecule has 37 heavy (non-hydrogen) atoms. The summed E-state index contributed by atoms with van der Waals surface area (Å²) in [4.78, 5) is 45.3. The predicted octanol–water partition coefficient (Wildman–Crippen LogP) is 2.84. The van der Waals surface area contributed by atoms with Crippen LogP contribution in [0.1, 0.15) is 43.7 Å². The first kappa shape index (κ1) is 25.7. The standard InChI is InChI=1S/C29H36N2O6/c1-4-28-12-6-5-7-17-36-27(35)23(28)22-25(33)31(15-9-16-32)24-26(34)30(14-8-13-29(22,24)37-28)21-18-19(2)10-11-20(21)3/h6,8,10-13,18,22-24,32H,4-5,7,9,14-17H2,1-3H3/b12-6-/t22-,23+,24?,28-,29-/m0/s1. The number of likely N-dealkylation sites (tertiary alicyclic amines) is 1. The summed E-state index contributed by atoms with van der Waals surface area (Å²) in [5, 5.41) is 9.58. The van der Waals surface area contributed by atoms with E-state index >= 15 is 0 Å². The van der Waals surface area contributed by atoms with Crippen LogP contribution in [0.25, 0.3) is 0 Å². The third-order valence-corrected chi connectivity index (χ3v) is 8.35. The molecule has 1 spiro atoms. The van der Waals surface area contributed by atoms with Gasteiger partial charge in [0.2, 0.25) is 5.91 Å². The fraction of sp³-hybridized carbons (Fsp3) is 0.552. The maximum Gasteiger partial charge on any atom is 0.313 e. The monoisotopic (exact) mass is 508 g/mol. The van der Waals surface area contributed by atoms with Gasteiger partial charge in [-0.3, -0.25) is 14.4 Å². The Hall–Kier alpha value is -2.97. The largest absolute Gasteiger partial charge is 0.465 e. The number of carbonyl (C=O) groups is 3. The van der Waals surface area contributed by atoms with Crippen molar-refractivity contribution >= 4 is 23.5 Å². The Kier molecular flexibility index (Phi) is 6.75. The maximum atomic E-state index is 14.4. The molecule has 2 saturated heterocycles. The highest BCUT2D eigenvalue weighted by Gasteiger charge is 2.75. The van der Waals surface area contributed by atoms with Crippen molar-refractivity contribution in [1.29, 1.82) is 0 Å². The van der Waals surface area contributed by atoms with Gasteiger partial charge in [-0.25, -0.2) is 0 Å². The lowest BCUT2D eigenvalue weighted by molar-refractivity contribution is -0.159. The fourth-order valence-corrected chi connectivity index (χ4v) is 6.58. The topological polar surface area (TPSA) is 96.4 Å². The van der Waals surface area contributed by atoms with Crippen molar-refractivity contribution in [3.63, 3.8) is 0 Å². The molecule has 2 fully saturated rings. The van der Waals surface area contributed by atoms with Gasteiger partial charge in [0.25, 0.3) is 5.91 Å². The summed E-state index contributed by atoms with van der Waals surface area (Å²) < 4.78 is 12.5. The highest BCUT2D eigenvalue weighted by Crippen LogP contribution is 2.58. The van der Waals surface area contributed by atoms with Crippen LogP contribution in [0.3, 0.4) is 0 Å². The lowest BCUT2D eigenvalue weighted by atomic mass is 9.73. The number of benzene rings is 1. The minimum Gasteiger partial charge on any atom is -0.465 e. The second kappa shape index (κ2) is 9.72. The minimum atomic E-state index is -1.32. The number of nitrogens with zero attached hydrogens (tertiary/aromatic N) is 2. The Labute approximate surface area is 217 Å². The minimum absolute atomic E-state index is 0.118. The summed E-state index contributed by atoms with van der Waals surface area (Å²) in [6.45, 7) is 6.55. The third-order valence-electron chi connectivity index (χ3n) is 8.35. The molecule has 5 atom stereocenters. The summed E-state index contributed by atoms with van der Waals surface area (Å²) in [5.74, 6) is -2.77. The molecular formula is C29H36N2O6. The van der Waals surface area contributed by atoms with E-state index in [1.807, 2.05) is 63.3 Å². The van der Waals surface area contributed by atoms with Crippen molar-refractivity contribution in [1.82, 2.24) is 4.90 Å². The Balaban J connectivity index is 1.67. The van der Waals surface area contributed by atoms with Crippen LogP contribution in [0, 0.1) is 25.7 Å². The molecule has 5 rings (SSSR count). The van der Waals surface area contributed by atoms with Crippen molar-refractivity contribution in [2.24, 2.45) is 11.8 Å². The summed E-state index contributed by atoms with van der Waals surface area (Å²) in [5.41, 5.74) is 0.391. The molecule has 1 N–H and O–H groups in total. The van der Waals surface area contributed by atoms with Crippen LogP contribution in [-0.4, -0.2) is 71.3 Å². The van der Waals surface area contributed by atoms with Crippen LogP contribution in [0.2, 0.25) is 0 Å². The summed E-state index contributed by atoms with van der Waals surface area (Å²) in [6, 6.07) is 5.00. The first-order chi connectivity index (χ1) is 17.8. The zero-order valence-electron chi connectivity index (χ0n) is 21.8. The number of aliphatic hydroxyl groups excluding tert-OH is 1. The molecule has 4 aliphatic heterocycles. The first-order valence-corrected chi connectivity index (χ1v) is 13.3. The molecule has 0 aromatic heterocycles. The van der Waals surface area contributed by atoms with Gasteiger partial charge >= 0.3 is 5.97 Å². The Morgan fingerprint density at radius 1 is 1.08 bits per heavy atom. The van der Waals surface area contributed by atoms with Crippen LogP contribution in [0.15, 0.2) is 42.5 Å². The molecule has 8 heteroatoms. The second-order valence-corrected chi connectivity index (χ2v) is 10.6. The lowest BCUT2D eigenvalue weighted by Gasteiger charge is -2.38. The van der Waals surface area contributed by atoms with Gasteiger partial charge in [0.1, 0.15) is 23.2 Å². The van der Waals surface area contributed by atoms with E-state index in [2.05, 4.69) is 0 Å². The number of carbonyl (C=O) groups excluding carboxylic acids is 3. The van der Waals surface area contributed by atoms with Crippen molar-refractivity contribution in [3.05, 3.63) is 53.6 Å². The van der Waals surface area contributed by atoms with Crippen molar-refractivity contribution in [2.45, 2.75) is 63.7 Å². The molecule has 0 aliphatic carbocycles. The van der Waals surface area contributed by atoms with E-state index in [0.29, 0.717) is 25.8 Å². The number of cyclic esters (lactones) is 1. The van der Waals surface area contributed by atoms with Gasteiger partial charge < -0.3 is 24.4 Å². The number of aliphatic hydroxyl groups is 1. The van der Waals surface area contributed by atoms with E-state index < -0.39 is 35.0 Å². The second-order valence-electron chi connectivity index (χ2n) is 10.6. The maximum absolute atomic E-state index is 14.4. The van der Waals surface area contributed by atoms with Gasteiger partial charge in [0, 0.05) is 25.4 Å². The first-order valence-electron chi connectivity index (χ1n) is 13.3. The average molecular weight is 509 g/mol. The number of ether oxygens (including phenoxy) is 2. The van der Waals surface area contributed by atoms with E-state index in [1.54, 1.807) is 4.90 Å². The van der Waals surface area contributed by atoms with Gasteiger partial charge in [0.05, 0.1) is 12.5 Å². The molecule has 0 saturated carbocycles.